The molecule has 0 radical (unpaired) electrons. The number of esters is 1. The van der Waals surface area contributed by atoms with Crippen LogP contribution in [-0.4, -0.2) is 22.9 Å². The molecule has 5 heteroatoms. The van der Waals surface area contributed by atoms with Crippen molar-refractivity contribution in [1.82, 2.24) is 9.78 Å². The SMILES string of the molecule is COc1cc(C(=O)OCc2ccc(-n3cccn3)cc2)ccc1C. The molecule has 0 atom stereocenters. The van der Waals surface area contributed by atoms with Crippen LogP contribution >= 0.6 is 0 Å². The monoisotopic (exact) mass is 322 g/mol. The number of benzene rings is 2. The Hall–Kier alpha value is -3.08. The molecule has 5 nitrogen and oxygen atoms in total. The molecule has 0 N–H and O–H groups in total. The molecule has 0 aliphatic carbocycles. The van der Waals surface area contributed by atoms with Crippen molar-refractivity contribution in [2.75, 3.05) is 7.11 Å². The smallest absolute Gasteiger partial charge is 0.338 e. The average Bonchev–Trinajstić information content (AvgIpc) is 3.15. The zero-order valence-electron chi connectivity index (χ0n) is 13.6. The third-order valence-corrected chi connectivity index (χ3v) is 3.72. The molecule has 1 aromatic heterocycles. The number of carbonyl (C=O) groups is 1. The first-order chi connectivity index (χ1) is 11.7. The van der Waals surface area contributed by atoms with Crippen molar-refractivity contribution >= 4 is 5.97 Å². The van der Waals surface area contributed by atoms with Crippen LogP contribution < -0.4 is 4.74 Å². The highest BCUT2D eigenvalue weighted by molar-refractivity contribution is 5.90. The highest BCUT2D eigenvalue weighted by Crippen LogP contribution is 2.20. The summed E-state index contributed by atoms with van der Waals surface area (Å²) in [5, 5.41) is 4.17. The number of nitrogens with zero attached hydrogens (tertiary/aromatic N) is 2. The van der Waals surface area contributed by atoms with E-state index in [1.54, 1.807) is 30.1 Å². The molecule has 2 aromatic carbocycles. The first-order valence-electron chi connectivity index (χ1n) is 7.58. The second-order valence-electron chi connectivity index (χ2n) is 5.38. The van der Waals surface area contributed by atoms with Gasteiger partial charge in [-0.2, -0.15) is 5.10 Å². The molecule has 3 aromatic rings. The standard InChI is InChI=1S/C19H18N2O3/c1-14-4-7-16(12-18(14)23-2)19(22)24-13-15-5-8-17(9-6-15)21-11-3-10-20-21/h3-12H,13H2,1-2H3. The molecule has 0 saturated carbocycles. The van der Waals surface area contributed by atoms with Gasteiger partial charge in [-0.15, -0.1) is 0 Å². The van der Waals surface area contributed by atoms with Gasteiger partial charge in [-0.05, 0) is 48.4 Å². The van der Waals surface area contributed by atoms with Crippen molar-refractivity contribution in [3.8, 4) is 11.4 Å². The van der Waals surface area contributed by atoms with Crippen molar-refractivity contribution in [1.29, 1.82) is 0 Å². The van der Waals surface area contributed by atoms with E-state index in [-0.39, 0.29) is 12.6 Å². The second-order valence-corrected chi connectivity index (χ2v) is 5.38. The molecule has 0 amide bonds. The van der Waals surface area contributed by atoms with E-state index in [1.165, 1.54) is 0 Å². The van der Waals surface area contributed by atoms with Gasteiger partial charge in [0, 0.05) is 12.4 Å². The Bertz CT molecular complexity index is 824. The van der Waals surface area contributed by atoms with Crippen molar-refractivity contribution in [3.63, 3.8) is 0 Å². The molecule has 0 aliphatic heterocycles. The number of rotatable bonds is 5. The number of hydrogen-bond acceptors (Lipinski definition) is 4. The predicted molar refractivity (Wildman–Crippen MR) is 90.4 cm³/mol. The first kappa shape index (κ1) is 15.8. The summed E-state index contributed by atoms with van der Waals surface area (Å²) < 4.78 is 12.4. The van der Waals surface area contributed by atoms with E-state index in [0.29, 0.717) is 11.3 Å². The van der Waals surface area contributed by atoms with Gasteiger partial charge < -0.3 is 9.47 Å². The average molecular weight is 322 g/mol. The molecule has 0 fully saturated rings. The van der Waals surface area contributed by atoms with Gasteiger partial charge in [-0.25, -0.2) is 9.48 Å². The largest absolute Gasteiger partial charge is 0.496 e. The summed E-state index contributed by atoms with van der Waals surface area (Å²) in [7, 11) is 1.58. The van der Waals surface area contributed by atoms with Crippen LogP contribution in [0.3, 0.4) is 0 Å². The lowest BCUT2D eigenvalue weighted by molar-refractivity contribution is 0.0472. The molecule has 1 heterocycles. The van der Waals surface area contributed by atoms with E-state index in [4.69, 9.17) is 9.47 Å². The van der Waals surface area contributed by atoms with Crippen LogP contribution in [0.2, 0.25) is 0 Å². The molecule has 0 bridgehead atoms. The maximum absolute atomic E-state index is 12.2. The topological polar surface area (TPSA) is 53.4 Å². The molecular weight excluding hydrogens is 304 g/mol. The minimum absolute atomic E-state index is 0.217. The number of aryl methyl sites for hydroxylation is 1. The maximum Gasteiger partial charge on any atom is 0.338 e. The second kappa shape index (κ2) is 7.00. The van der Waals surface area contributed by atoms with Crippen molar-refractivity contribution in [2.45, 2.75) is 13.5 Å². The van der Waals surface area contributed by atoms with Crippen molar-refractivity contribution < 1.29 is 14.3 Å². The molecule has 0 aliphatic rings. The van der Waals surface area contributed by atoms with Gasteiger partial charge in [0.25, 0.3) is 0 Å². The Morgan fingerprint density at radius 1 is 1.17 bits per heavy atom. The lowest BCUT2D eigenvalue weighted by Crippen LogP contribution is -2.06. The number of carbonyl (C=O) groups excluding carboxylic acids is 1. The molecule has 0 unspecified atom stereocenters. The van der Waals surface area contributed by atoms with Gasteiger partial charge in [0.1, 0.15) is 12.4 Å². The van der Waals surface area contributed by atoms with Crippen LogP contribution in [0.1, 0.15) is 21.5 Å². The Labute approximate surface area is 140 Å². The van der Waals surface area contributed by atoms with Gasteiger partial charge in [-0.3, -0.25) is 0 Å². The van der Waals surface area contributed by atoms with Gasteiger partial charge in [0.2, 0.25) is 0 Å². The summed E-state index contributed by atoms with van der Waals surface area (Å²) in [6, 6.07) is 14.8. The lowest BCUT2D eigenvalue weighted by atomic mass is 10.1. The van der Waals surface area contributed by atoms with E-state index in [2.05, 4.69) is 5.10 Å². The molecule has 0 saturated heterocycles. The first-order valence-corrected chi connectivity index (χ1v) is 7.58. The minimum Gasteiger partial charge on any atom is -0.496 e. The third-order valence-electron chi connectivity index (χ3n) is 3.72. The zero-order chi connectivity index (χ0) is 16.9. The highest BCUT2D eigenvalue weighted by Gasteiger charge is 2.10. The number of aromatic nitrogens is 2. The fourth-order valence-corrected chi connectivity index (χ4v) is 2.35. The Morgan fingerprint density at radius 3 is 2.62 bits per heavy atom. The predicted octanol–water partition coefficient (Wildman–Crippen LogP) is 3.55. The minimum atomic E-state index is -0.371. The molecule has 122 valence electrons. The molecular formula is C19H18N2O3. The highest BCUT2D eigenvalue weighted by atomic mass is 16.5. The summed E-state index contributed by atoms with van der Waals surface area (Å²) in [5.41, 5.74) is 3.32. The van der Waals surface area contributed by atoms with E-state index in [1.807, 2.05) is 49.5 Å². The van der Waals surface area contributed by atoms with Gasteiger partial charge in [-0.1, -0.05) is 18.2 Å². The normalized spacial score (nSPS) is 10.4. The van der Waals surface area contributed by atoms with Crippen LogP contribution in [0.25, 0.3) is 5.69 Å². The van der Waals surface area contributed by atoms with Gasteiger partial charge in [0.05, 0.1) is 18.4 Å². The summed E-state index contributed by atoms with van der Waals surface area (Å²) in [6.45, 7) is 2.14. The van der Waals surface area contributed by atoms with Gasteiger partial charge >= 0.3 is 5.97 Å². The molecule has 3 rings (SSSR count). The van der Waals surface area contributed by atoms with E-state index in [9.17, 15) is 4.79 Å². The van der Waals surface area contributed by atoms with Crippen molar-refractivity contribution in [2.24, 2.45) is 0 Å². The molecule has 24 heavy (non-hydrogen) atoms. The number of ether oxygens (including phenoxy) is 2. The molecule has 0 spiro atoms. The van der Waals surface area contributed by atoms with Crippen molar-refractivity contribution in [3.05, 3.63) is 77.6 Å². The van der Waals surface area contributed by atoms with Crippen LogP contribution in [-0.2, 0) is 11.3 Å². The summed E-state index contributed by atoms with van der Waals surface area (Å²) in [6.07, 6.45) is 3.60. The summed E-state index contributed by atoms with van der Waals surface area (Å²) >= 11 is 0. The Balaban J connectivity index is 1.64. The van der Waals surface area contributed by atoms with E-state index >= 15 is 0 Å². The third kappa shape index (κ3) is 3.46. The fraction of sp³-hybridized carbons (Fsp3) is 0.158. The van der Waals surface area contributed by atoms with Crippen LogP contribution in [0, 0.1) is 6.92 Å². The van der Waals surface area contributed by atoms with E-state index in [0.717, 1.165) is 16.8 Å². The fourth-order valence-electron chi connectivity index (χ4n) is 2.35. The summed E-state index contributed by atoms with van der Waals surface area (Å²) in [4.78, 5) is 12.2. The summed E-state index contributed by atoms with van der Waals surface area (Å²) in [5.74, 6) is 0.303. The van der Waals surface area contributed by atoms with Crippen LogP contribution in [0.4, 0.5) is 0 Å². The Kier molecular flexibility index (Phi) is 4.61. The quantitative estimate of drug-likeness (QED) is 0.674. The van der Waals surface area contributed by atoms with Crippen LogP contribution in [0.15, 0.2) is 60.9 Å². The Morgan fingerprint density at radius 2 is 1.96 bits per heavy atom. The van der Waals surface area contributed by atoms with Crippen LogP contribution in [0.5, 0.6) is 5.75 Å². The maximum atomic E-state index is 12.2. The van der Waals surface area contributed by atoms with E-state index < -0.39 is 0 Å². The van der Waals surface area contributed by atoms with Gasteiger partial charge in [0.15, 0.2) is 0 Å². The lowest BCUT2D eigenvalue weighted by Gasteiger charge is -2.09. The number of hydrogen-bond donors (Lipinski definition) is 0. The zero-order valence-corrected chi connectivity index (χ0v) is 13.6. The number of methoxy groups -OCH3 is 1.